The van der Waals surface area contributed by atoms with Crippen molar-refractivity contribution >= 4 is 0 Å². The van der Waals surface area contributed by atoms with Gasteiger partial charge in [-0.25, -0.2) is 4.39 Å². The molecule has 0 saturated heterocycles. The van der Waals surface area contributed by atoms with Crippen molar-refractivity contribution in [2.45, 2.75) is 32.5 Å². The molecule has 0 spiro atoms. The third-order valence-corrected chi connectivity index (χ3v) is 2.80. The van der Waals surface area contributed by atoms with Crippen LogP contribution in [0.5, 0.6) is 0 Å². The molecule has 1 nitrogen and oxygen atoms in total. The normalized spacial score (nSPS) is 21.0. The van der Waals surface area contributed by atoms with E-state index in [0.29, 0.717) is 12.5 Å². The highest BCUT2D eigenvalue weighted by atomic mass is 19.1. The highest BCUT2D eigenvalue weighted by Crippen LogP contribution is 2.32. The molecule has 2 heteroatoms. The van der Waals surface area contributed by atoms with E-state index in [0.717, 1.165) is 23.2 Å². The van der Waals surface area contributed by atoms with E-state index in [2.05, 4.69) is 19.2 Å². The molecule has 1 aromatic carbocycles. The maximum atomic E-state index is 13.7. The minimum Gasteiger partial charge on any atom is -0.309 e. The Kier molecular flexibility index (Phi) is 2.55. The highest BCUT2D eigenvalue weighted by molar-refractivity contribution is 5.40. The molecule has 1 unspecified atom stereocenters. The lowest BCUT2D eigenvalue weighted by molar-refractivity contribution is 0.307. The largest absolute Gasteiger partial charge is 0.309 e. The van der Waals surface area contributed by atoms with Crippen molar-refractivity contribution in [3.63, 3.8) is 0 Å². The van der Waals surface area contributed by atoms with Gasteiger partial charge in [-0.2, -0.15) is 0 Å². The summed E-state index contributed by atoms with van der Waals surface area (Å²) in [5, 5.41) is 3.08. The lowest BCUT2D eigenvalue weighted by atomic mass is 9.89. The van der Waals surface area contributed by atoms with E-state index in [-0.39, 0.29) is 0 Å². The predicted octanol–water partition coefficient (Wildman–Crippen LogP) is 2.92. The molecule has 0 bridgehead atoms. The Morgan fingerprint density at radius 3 is 2.93 bits per heavy atom. The summed E-state index contributed by atoms with van der Waals surface area (Å²) >= 11 is 0. The van der Waals surface area contributed by atoms with Crippen molar-refractivity contribution in [2.75, 3.05) is 6.54 Å². The van der Waals surface area contributed by atoms with E-state index in [9.17, 15) is 4.39 Å². The zero-order valence-corrected chi connectivity index (χ0v) is 8.68. The second-order valence-electron chi connectivity index (χ2n) is 4.17. The van der Waals surface area contributed by atoms with E-state index in [1.54, 1.807) is 0 Å². The summed E-state index contributed by atoms with van der Waals surface area (Å²) < 4.78 is 13.7. The number of rotatable bonds is 1. The fourth-order valence-corrected chi connectivity index (χ4v) is 2.11. The molecule has 0 aliphatic carbocycles. The first-order valence-corrected chi connectivity index (χ1v) is 5.16. The molecule has 0 amide bonds. The first-order chi connectivity index (χ1) is 6.70. The van der Waals surface area contributed by atoms with Gasteiger partial charge in [0.2, 0.25) is 0 Å². The smallest absolute Gasteiger partial charge is 0.138 e. The first-order valence-electron chi connectivity index (χ1n) is 5.16. The van der Waals surface area contributed by atoms with Gasteiger partial charge in [-0.15, -0.1) is 0 Å². The van der Waals surface area contributed by atoms with Crippen molar-refractivity contribution < 1.29 is 4.39 Å². The average molecular weight is 193 g/mol. The topological polar surface area (TPSA) is 12.0 Å². The molecule has 0 fully saturated rings. The second kappa shape index (κ2) is 3.70. The van der Waals surface area contributed by atoms with E-state index in [1.807, 2.05) is 18.2 Å². The Bertz CT molecular complexity index is 333. The maximum Gasteiger partial charge on any atom is 0.138 e. The molecule has 1 aromatic rings. The van der Waals surface area contributed by atoms with Gasteiger partial charge in [0.1, 0.15) is 6.17 Å². The highest BCUT2D eigenvalue weighted by Gasteiger charge is 2.22. The maximum absolute atomic E-state index is 13.7. The minimum atomic E-state index is -0.836. The van der Waals surface area contributed by atoms with Crippen LogP contribution in [-0.2, 0) is 6.54 Å². The molecule has 1 aliphatic heterocycles. The molecule has 0 saturated carbocycles. The van der Waals surface area contributed by atoms with Crippen LogP contribution in [0.25, 0.3) is 0 Å². The summed E-state index contributed by atoms with van der Waals surface area (Å²) in [7, 11) is 0. The zero-order chi connectivity index (χ0) is 10.1. The monoisotopic (exact) mass is 193 g/mol. The molecule has 0 radical (unpaired) electrons. The molecule has 76 valence electrons. The average Bonchev–Trinajstić information content (AvgIpc) is 2.17. The summed E-state index contributed by atoms with van der Waals surface area (Å²) in [5.41, 5.74) is 3.22. The third kappa shape index (κ3) is 1.55. The van der Waals surface area contributed by atoms with Crippen molar-refractivity contribution in [3.05, 3.63) is 34.9 Å². The number of hydrogen-bond acceptors (Lipinski definition) is 1. The van der Waals surface area contributed by atoms with Gasteiger partial charge >= 0.3 is 0 Å². The lowest BCUT2D eigenvalue weighted by Crippen LogP contribution is -2.27. The van der Waals surface area contributed by atoms with Gasteiger partial charge in [0.25, 0.3) is 0 Å². The van der Waals surface area contributed by atoms with Crippen LogP contribution in [0.1, 0.15) is 42.6 Å². The first kappa shape index (κ1) is 9.66. The quantitative estimate of drug-likeness (QED) is 0.723. The van der Waals surface area contributed by atoms with Crippen LogP contribution >= 0.6 is 0 Å². The van der Waals surface area contributed by atoms with Gasteiger partial charge in [-0.1, -0.05) is 32.0 Å². The molecule has 2 rings (SSSR count). The summed E-state index contributed by atoms with van der Waals surface area (Å²) in [6, 6.07) is 6.08. The molecule has 1 atom stereocenters. The summed E-state index contributed by atoms with van der Waals surface area (Å²) in [6.07, 6.45) is -0.836. The SMILES string of the molecule is CC(C)c1cccc2c1C(F)CNC2. The van der Waals surface area contributed by atoms with Crippen molar-refractivity contribution in [1.29, 1.82) is 0 Å². The number of alkyl halides is 1. The molecular formula is C12H16FN. The molecule has 14 heavy (non-hydrogen) atoms. The molecule has 0 aromatic heterocycles. The van der Waals surface area contributed by atoms with Crippen molar-refractivity contribution in [3.8, 4) is 0 Å². The van der Waals surface area contributed by atoms with Crippen LogP contribution in [0.15, 0.2) is 18.2 Å². The number of nitrogens with one attached hydrogen (secondary N) is 1. The Hall–Kier alpha value is -0.890. The predicted molar refractivity (Wildman–Crippen MR) is 56.1 cm³/mol. The second-order valence-corrected chi connectivity index (χ2v) is 4.17. The van der Waals surface area contributed by atoms with Gasteiger partial charge in [0.15, 0.2) is 0 Å². The fourth-order valence-electron chi connectivity index (χ4n) is 2.11. The van der Waals surface area contributed by atoms with Crippen LogP contribution < -0.4 is 5.32 Å². The molecular weight excluding hydrogens is 177 g/mol. The van der Waals surface area contributed by atoms with E-state index in [1.165, 1.54) is 0 Å². The van der Waals surface area contributed by atoms with E-state index >= 15 is 0 Å². The Balaban J connectivity index is 2.52. The summed E-state index contributed by atoms with van der Waals surface area (Å²) in [6.45, 7) is 5.49. The molecule has 1 heterocycles. The van der Waals surface area contributed by atoms with Crippen LogP contribution in [-0.4, -0.2) is 6.54 Å². The Labute approximate surface area is 84.3 Å². The molecule has 1 aliphatic rings. The number of halogens is 1. The van der Waals surface area contributed by atoms with Crippen molar-refractivity contribution in [2.24, 2.45) is 0 Å². The van der Waals surface area contributed by atoms with E-state index < -0.39 is 6.17 Å². The summed E-state index contributed by atoms with van der Waals surface area (Å²) in [4.78, 5) is 0. The minimum absolute atomic E-state index is 0.404. The fraction of sp³-hybridized carbons (Fsp3) is 0.500. The van der Waals surface area contributed by atoms with Crippen LogP contribution in [0.2, 0.25) is 0 Å². The number of benzene rings is 1. The molecule has 1 N–H and O–H groups in total. The van der Waals surface area contributed by atoms with Gasteiger partial charge < -0.3 is 5.32 Å². The van der Waals surface area contributed by atoms with Gasteiger partial charge in [0.05, 0.1) is 0 Å². The Morgan fingerprint density at radius 1 is 1.43 bits per heavy atom. The van der Waals surface area contributed by atoms with Crippen LogP contribution in [0.3, 0.4) is 0 Å². The Morgan fingerprint density at radius 2 is 2.21 bits per heavy atom. The summed E-state index contributed by atoms with van der Waals surface area (Å²) in [5.74, 6) is 0.404. The van der Waals surface area contributed by atoms with Crippen LogP contribution in [0.4, 0.5) is 4.39 Å². The number of hydrogen-bond donors (Lipinski definition) is 1. The zero-order valence-electron chi connectivity index (χ0n) is 8.68. The lowest BCUT2D eigenvalue weighted by Gasteiger charge is -2.25. The van der Waals surface area contributed by atoms with E-state index in [4.69, 9.17) is 0 Å². The van der Waals surface area contributed by atoms with Gasteiger partial charge in [0, 0.05) is 13.1 Å². The van der Waals surface area contributed by atoms with Crippen LogP contribution in [0, 0.1) is 0 Å². The number of fused-ring (bicyclic) bond motifs is 1. The standard InChI is InChI=1S/C12H16FN/c1-8(2)10-5-3-4-9-6-14-7-11(13)12(9)10/h3-5,8,11,14H,6-7H2,1-2H3. The van der Waals surface area contributed by atoms with Gasteiger partial charge in [-0.05, 0) is 22.6 Å². The third-order valence-electron chi connectivity index (χ3n) is 2.80. The van der Waals surface area contributed by atoms with Gasteiger partial charge in [-0.3, -0.25) is 0 Å². The van der Waals surface area contributed by atoms with Crippen molar-refractivity contribution in [1.82, 2.24) is 5.32 Å².